The first-order valence-corrected chi connectivity index (χ1v) is 5.17. The summed E-state index contributed by atoms with van der Waals surface area (Å²) in [7, 11) is 0. The monoisotopic (exact) mass is 285 g/mol. The van der Waals surface area contributed by atoms with Crippen molar-refractivity contribution in [1.29, 1.82) is 0 Å². The topological polar surface area (TPSA) is 35.2 Å². The Morgan fingerprint density at radius 2 is 1.89 bits per heavy atom. The van der Waals surface area contributed by atoms with Crippen LogP contribution < -0.4 is 10.5 Å². The standard InChI is InChI=1S/C11H11F4NO.ClH/c12-9-4-3-7(17-11(13,14)15)5-8(9)10(16)6-1-2-6;/h3-6,10H,1-2,16H2;1H/t10-;/m0./s1. The number of hydrogen-bond acceptors (Lipinski definition) is 2. The zero-order chi connectivity index (χ0) is 12.6. The van der Waals surface area contributed by atoms with Crippen LogP contribution >= 0.6 is 12.4 Å². The van der Waals surface area contributed by atoms with Gasteiger partial charge in [-0.1, -0.05) is 0 Å². The number of nitrogens with two attached hydrogens (primary N) is 1. The summed E-state index contributed by atoms with van der Waals surface area (Å²) < 4.78 is 53.1. The van der Waals surface area contributed by atoms with Crippen molar-refractivity contribution in [2.75, 3.05) is 0 Å². The summed E-state index contributed by atoms with van der Waals surface area (Å²) in [5.41, 5.74) is 5.83. The molecule has 1 saturated carbocycles. The van der Waals surface area contributed by atoms with E-state index in [9.17, 15) is 17.6 Å². The molecule has 1 aromatic carbocycles. The van der Waals surface area contributed by atoms with Crippen molar-refractivity contribution < 1.29 is 22.3 Å². The molecule has 18 heavy (non-hydrogen) atoms. The molecule has 2 N–H and O–H groups in total. The quantitative estimate of drug-likeness (QED) is 0.862. The highest BCUT2D eigenvalue weighted by atomic mass is 35.5. The van der Waals surface area contributed by atoms with Gasteiger partial charge >= 0.3 is 6.36 Å². The average Bonchev–Trinajstić information content (AvgIpc) is 3.01. The zero-order valence-corrected chi connectivity index (χ0v) is 10.0. The second-order valence-corrected chi connectivity index (χ2v) is 4.09. The highest BCUT2D eigenvalue weighted by Crippen LogP contribution is 2.41. The fourth-order valence-corrected chi connectivity index (χ4v) is 1.68. The summed E-state index contributed by atoms with van der Waals surface area (Å²) in [4.78, 5) is 0. The van der Waals surface area contributed by atoms with E-state index in [2.05, 4.69) is 4.74 Å². The van der Waals surface area contributed by atoms with E-state index in [0.717, 1.165) is 31.0 Å². The number of ether oxygens (including phenoxy) is 1. The van der Waals surface area contributed by atoms with E-state index in [4.69, 9.17) is 5.73 Å². The van der Waals surface area contributed by atoms with Crippen LogP contribution in [0.2, 0.25) is 0 Å². The lowest BCUT2D eigenvalue weighted by atomic mass is 10.0. The highest BCUT2D eigenvalue weighted by molar-refractivity contribution is 5.85. The van der Waals surface area contributed by atoms with Gasteiger partial charge in [0.25, 0.3) is 0 Å². The largest absolute Gasteiger partial charge is 0.573 e. The van der Waals surface area contributed by atoms with Crippen LogP contribution in [0.25, 0.3) is 0 Å². The summed E-state index contributed by atoms with van der Waals surface area (Å²) in [5.74, 6) is -0.880. The third-order valence-electron chi connectivity index (χ3n) is 2.69. The Morgan fingerprint density at radius 1 is 1.28 bits per heavy atom. The Morgan fingerprint density at radius 3 is 2.39 bits per heavy atom. The fraction of sp³-hybridized carbons (Fsp3) is 0.455. The Bertz CT molecular complexity index is 420. The SMILES string of the molecule is Cl.N[C@H](c1cc(OC(F)(F)F)ccc1F)C1CC1. The Kier molecular flexibility index (Phi) is 4.45. The number of benzene rings is 1. The second kappa shape index (κ2) is 5.32. The molecule has 0 aliphatic heterocycles. The van der Waals surface area contributed by atoms with E-state index in [1.165, 1.54) is 0 Å². The maximum absolute atomic E-state index is 13.4. The molecular weight excluding hydrogens is 274 g/mol. The van der Waals surface area contributed by atoms with Crippen LogP contribution in [0.1, 0.15) is 24.4 Å². The van der Waals surface area contributed by atoms with Crippen LogP contribution in [-0.4, -0.2) is 6.36 Å². The van der Waals surface area contributed by atoms with Crippen molar-refractivity contribution in [2.45, 2.75) is 25.2 Å². The Labute approximate surface area is 108 Å². The van der Waals surface area contributed by atoms with Gasteiger partial charge in [-0.25, -0.2) is 4.39 Å². The average molecular weight is 286 g/mol. The molecule has 1 aliphatic carbocycles. The molecule has 0 bridgehead atoms. The first-order valence-electron chi connectivity index (χ1n) is 5.17. The molecule has 1 atom stereocenters. The van der Waals surface area contributed by atoms with Crippen LogP contribution in [0.4, 0.5) is 17.6 Å². The van der Waals surface area contributed by atoms with Gasteiger partial charge in [0.15, 0.2) is 0 Å². The van der Waals surface area contributed by atoms with Gasteiger partial charge in [-0.15, -0.1) is 25.6 Å². The maximum atomic E-state index is 13.4. The fourth-order valence-electron chi connectivity index (χ4n) is 1.68. The normalized spacial score (nSPS) is 16.9. The smallest absolute Gasteiger partial charge is 0.406 e. The predicted octanol–water partition coefficient (Wildman–Crippen LogP) is 3.56. The molecule has 0 aromatic heterocycles. The summed E-state index contributed by atoms with van der Waals surface area (Å²) >= 11 is 0. The minimum atomic E-state index is -4.78. The van der Waals surface area contributed by atoms with Gasteiger partial charge in [-0.3, -0.25) is 0 Å². The van der Waals surface area contributed by atoms with Crippen molar-refractivity contribution in [3.05, 3.63) is 29.6 Å². The van der Waals surface area contributed by atoms with E-state index in [1.807, 2.05) is 0 Å². The first kappa shape index (κ1) is 15.0. The lowest BCUT2D eigenvalue weighted by Gasteiger charge is -2.14. The molecule has 102 valence electrons. The molecule has 2 nitrogen and oxygen atoms in total. The molecule has 0 spiro atoms. The summed E-state index contributed by atoms with van der Waals surface area (Å²) in [6, 6.07) is 2.34. The molecule has 1 aromatic rings. The van der Waals surface area contributed by atoms with Gasteiger partial charge in [0.05, 0.1) is 0 Å². The second-order valence-electron chi connectivity index (χ2n) is 4.09. The molecule has 0 radical (unpaired) electrons. The third kappa shape index (κ3) is 3.74. The van der Waals surface area contributed by atoms with Crippen molar-refractivity contribution >= 4 is 12.4 Å². The van der Waals surface area contributed by atoms with E-state index in [0.29, 0.717) is 0 Å². The number of halogens is 5. The van der Waals surface area contributed by atoms with Gasteiger partial charge in [0.2, 0.25) is 0 Å². The number of hydrogen-bond donors (Lipinski definition) is 1. The van der Waals surface area contributed by atoms with E-state index < -0.39 is 24.0 Å². The van der Waals surface area contributed by atoms with Crippen molar-refractivity contribution in [3.8, 4) is 5.75 Å². The van der Waals surface area contributed by atoms with Crippen molar-refractivity contribution in [2.24, 2.45) is 11.7 Å². The molecule has 0 saturated heterocycles. The lowest BCUT2D eigenvalue weighted by Crippen LogP contribution is -2.18. The van der Waals surface area contributed by atoms with E-state index in [-0.39, 0.29) is 23.9 Å². The zero-order valence-electron chi connectivity index (χ0n) is 9.21. The van der Waals surface area contributed by atoms with E-state index in [1.54, 1.807) is 0 Å². The first-order chi connectivity index (χ1) is 7.87. The Balaban J connectivity index is 0.00000162. The maximum Gasteiger partial charge on any atom is 0.573 e. The number of alkyl halides is 3. The molecular formula is C11H12ClF4NO. The van der Waals surface area contributed by atoms with Gasteiger partial charge in [0, 0.05) is 11.6 Å². The van der Waals surface area contributed by atoms with Gasteiger partial charge in [-0.05, 0) is 37.0 Å². The lowest BCUT2D eigenvalue weighted by molar-refractivity contribution is -0.274. The van der Waals surface area contributed by atoms with Crippen LogP contribution in [0.3, 0.4) is 0 Å². The molecule has 7 heteroatoms. The summed E-state index contributed by atoms with van der Waals surface area (Å²) in [6.07, 6.45) is -3.02. The Hall–Kier alpha value is -1.01. The van der Waals surface area contributed by atoms with Crippen LogP contribution in [-0.2, 0) is 0 Å². The minimum Gasteiger partial charge on any atom is -0.406 e. The van der Waals surface area contributed by atoms with Crippen LogP contribution in [0.5, 0.6) is 5.75 Å². The molecule has 0 heterocycles. The van der Waals surface area contributed by atoms with Crippen LogP contribution in [0, 0.1) is 11.7 Å². The van der Waals surface area contributed by atoms with Crippen molar-refractivity contribution in [3.63, 3.8) is 0 Å². The summed E-state index contributed by atoms with van der Waals surface area (Å²) in [5, 5.41) is 0. The predicted molar refractivity (Wildman–Crippen MR) is 60.0 cm³/mol. The third-order valence-corrected chi connectivity index (χ3v) is 2.69. The molecule has 1 fully saturated rings. The van der Waals surface area contributed by atoms with E-state index >= 15 is 0 Å². The van der Waals surface area contributed by atoms with Gasteiger partial charge in [0.1, 0.15) is 11.6 Å². The van der Waals surface area contributed by atoms with Gasteiger partial charge in [-0.2, -0.15) is 0 Å². The molecule has 2 rings (SSSR count). The highest BCUT2D eigenvalue weighted by Gasteiger charge is 2.33. The molecule has 0 unspecified atom stereocenters. The van der Waals surface area contributed by atoms with Crippen molar-refractivity contribution in [1.82, 2.24) is 0 Å². The molecule has 1 aliphatic rings. The van der Waals surface area contributed by atoms with Crippen LogP contribution in [0.15, 0.2) is 18.2 Å². The molecule has 0 amide bonds. The number of rotatable bonds is 3. The van der Waals surface area contributed by atoms with Gasteiger partial charge < -0.3 is 10.5 Å². The minimum absolute atomic E-state index is 0. The summed E-state index contributed by atoms with van der Waals surface area (Å²) in [6.45, 7) is 0.